The Morgan fingerprint density at radius 2 is 2.20 bits per heavy atom. The van der Waals surface area contributed by atoms with Crippen LogP contribution in [-0.4, -0.2) is 25.8 Å². The van der Waals surface area contributed by atoms with E-state index in [1.165, 1.54) is 0 Å². The number of aliphatic carboxylic acids is 1. The highest BCUT2D eigenvalue weighted by molar-refractivity contribution is 7.71. The van der Waals surface area contributed by atoms with Crippen molar-refractivity contribution in [3.63, 3.8) is 0 Å². The molecule has 1 heterocycles. The zero-order valence-electron chi connectivity index (χ0n) is 10.9. The fourth-order valence-corrected chi connectivity index (χ4v) is 2.23. The van der Waals surface area contributed by atoms with Gasteiger partial charge in [-0.25, -0.2) is 0 Å². The molecule has 0 aliphatic rings. The van der Waals surface area contributed by atoms with Crippen molar-refractivity contribution < 1.29 is 14.6 Å². The molecule has 0 spiro atoms. The number of carboxylic acids is 1. The molecule has 1 atom stereocenters. The van der Waals surface area contributed by atoms with Gasteiger partial charge in [-0.2, -0.15) is 5.10 Å². The summed E-state index contributed by atoms with van der Waals surface area (Å²) in [6, 6.07) is 9.04. The van der Waals surface area contributed by atoms with Crippen LogP contribution in [0.3, 0.4) is 0 Å². The predicted octanol–water partition coefficient (Wildman–Crippen LogP) is 2.56. The van der Waals surface area contributed by atoms with Crippen molar-refractivity contribution in [3.8, 4) is 5.75 Å². The van der Waals surface area contributed by atoms with Crippen LogP contribution in [0.4, 0.5) is 0 Å². The van der Waals surface area contributed by atoms with Crippen LogP contribution in [0.15, 0.2) is 30.3 Å². The second kappa shape index (κ2) is 6.33. The molecule has 0 radical (unpaired) electrons. The lowest BCUT2D eigenvalue weighted by Crippen LogP contribution is -2.15. The fourth-order valence-electron chi connectivity index (χ4n) is 1.90. The van der Waals surface area contributed by atoms with Crippen molar-refractivity contribution in [2.75, 3.05) is 0 Å². The molecule has 20 heavy (non-hydrogen) atoms. The molecule has 1 unspecified atom stereocenters. The number of carboxylic acid groups (broad SMARTS) is 1. The average Bonchev–Trinajstić information content (AvgIpc) is 2.78. The van der Waals surface area contributed by atoms with Gasteiger partial charge in [-0.15, -0.1) is 0 Å². The number of aromatic nitrogens is 3. The first-order valence-electron chi connectivity index (χ1n) is 6.13. The largest absolute Gasteiger partial charge is 0.486 e. The molecular weight excluding hydrogens is 278 g/mol. The molecule has 0 bridgehead atoms. The standard InChI is InChI=1S/C13H15N3O3S/c1-9(7-12(17)18)16-11(14-15-13(16)20)8-19-10-5-3-2-4-6-10/h2-6,9H,7-8H2,1H3,(H,15,20)(H,17,18). The molecule has 2 rings (SSSR count). The number of carbonyl (C=O) groups is 1. The average molecular weight is 293 g/mol. The Morgan fingerprint density at radius 1 is 1.50 bits per heavy atom. The van der Waals surface area contributed by atoms with Gasteiger partial charge in [-0.05, 0) is 31.3 Å². The van der Waals surface area contributed by atoms with E-state index in [2.05, 4.69) is 10.2 Å². The van der Waals surface area contributed by atoms with Crippen molar-refractivity contribution in [1.82, 2.24) is 14.8 Å². The number of ether oxygens (including phenoxy) is 1. The Labute approximate surface area is 121 Å². The van der Waals surface area contributed by atoms with Gasteiger partial charge in [-0.1, -0.05) is 18.2 Å². The monoisotopic (exact) mass is 293 g/mol. The van der Waals surface area contributed by atoms with Gasteiger partial charge in [0, 0.05) is 6.04 Å². The maximum atomic E-state index is 10.8. The summed E-state index contributed by atoms with van der Waals surface area (Å²) in [5, 5.41) is 15.6. The number of benzene rings is 1. The number of para-hydroxylation sites is 1. The number of hydrogen-bond acceptors (Lipinski definition) is 4. The van der Waals surface area contributed by atoms with E-state index >= 15 is 0 Å². The van der Waals surface area contributed by atoms with Crippen molar-refractivity contribution in [2.24, 2.45) is 0 Å². The van der Waals surface area contributed by atoms with E-state index in [0.29, 0.717) is 10.6 Å². The second-order valence-corrected chi connectivity index (χ2v) is 4.75. The molecule has 1 aromatic heterocycles. The molecule has 0 aliphatic heterocycles. The summed E-state index contributed by atoms with van der Waals surface area (Å²) in [5.41, 5.74) is 0. The van der Waals surface area contributed by atoms with Gasteiger partial charge >= 0.3 is 5.97 Å². The van der Waals surface area contributed by atoms with E-state index in [1.54, 1.807) is 11.5 Å². The highest BCUT2D eigenvalue weighted by Gasteiger charge is 2.16. The lowest BCUT2D eigenvalue weighted by molar-refractivity contribution is -0.137. The lowest BCUT2D eigenvalue weighted by atomic mass is 10.2. The number of nitrogens with zero attached hydrogens (tertiary/aromatic N) is 2. The fraction of sp³-hybridized carbons (Fsp3) is 0.308. The number of nitrogens with one attached hydrogen (secondary N) is 1. The maximum Gasteiger partial charge on any atom is 0.305 e. The minimum Gasteiger partial charge on any atom is -0.486 e. The van der Waals surface area contributed by atoms with Crippen LogP contribution in [0, 0.1) is 4.77 Å². The predicted molar refractivity (Wildman–Crippen MR) is 75.1 cm³/mol. The van der Waals surface area contributed by atoms with Crippen LogP contribution in [0.1, 0.15) is 25.2 Å². The molecule has 1 aromatic carbocycles. The van der Waals surface area contributed by atoms with E-state index in [4.69, 9.17) is 22.1 Å². The lowest BCUT2D eigenvalue weighted by Gasteiger charge is -2.13. The quantitative estimate of drug-likeness (QED) is 0.800. The van der Waals surface area contributed by atoms with Gasteiger partial charge in [-0.3, -0.25) is 14.5 Å². The Morgan fingerprint density at radius 3 is 2.85 bits per heavy atom. The van der Waals surface area contributed by atoms with Crippen molar-refractivity contribution in [1.29, 1.82) is 0 Å². The highest BCUT2D eigenvalue weighted by atomic mass is 32.1. The second-order valence-electron chi connectivity index (χ2n) is 4.36. The van der Waals surface area contributed by atoms with Crippen LogP contribution in [0.5, 0.6) is 5.75 Å². The summed E-state index contributed by atoms with van der Waals surface area (Å²) >= 11 is 5.13. The Bertz CT molecular complexity index is 636. The summed E-state index contributed by atoms with van der Waals surface area (Å²) in [5.74, 6) is 0.419. The van der Waals surface area contributed by atoms with Crippen molar-refractivity contribution in [3.05, 3.63) is 40.9 Å². The summed E-state index contributed by atoms with van der Waals surface area (Å²) in [6.45, 7) is 2.01. The highest BCUT2D eigenvalue weighted by Crippen LogP contribution is 2.16. The summed E-state index contributed by atoms with van der Waals surface area (Å²) in [4.78, 5) is 10.8. The molecule has 2 N–H and O–H groups in total. The molecule has 0 amide bonds. The molecule has 0 saturated heterocycles. The van der Waals surface area contributed by atoms with E-state index in [1.807, 2.05) is 30.3 Å². The number of rotatable bonds is 6. The van der Waals surface area contributed by atoms with Crippen LogP contribution in [0.2, 0.25) is 0 Å². The van der Waals surface area contributed by atoms with Gasteiger partial charge in [0.25, 0.3) is 0 Å². The number of H-pyrrole nitrogens is 1. The van der Waals surface area contributed by atoms with Crippen LogP contribution < -0.4 is 4.74 Å². The van der Waals surface area contributed by atoms with Crippen LogP contribution >= 0.6 is 12.2 Å². The third kappa shape index (κ3) is 3.45. The third-order valence-corrected chi connectivity index (χ3v) is 3.09. The normalized spacial score (nSPS) is 12.1. The first-order valence-corrected chi connectivity index (χ1v) is 6.54. The van der Waals surface area contributed by atoms with Crippen molar-refractivity contribution >= 4 is 18.2 Å². The van der Waals surface area contributed by atoms with E-state index in [9.17, 15) is 4.79 Å². The van der Waals surface area contributed by atoms with Gasteiger partial charge in [0.05, 0.1) is 6.42 Å². The molecule has 6 nitrogen and oxygen atoms in total. The summed E-state index contributed by atoms with van der Waals surface area (Å²) in [7, 11) is 0. The van der Waals surface area contributed by atoms with Crippen LogP contribution in [0.25, 0.3) is 0 Å². The minimum atomic E-state index is -0.879. The molecule has 0 saturated carbocycles. The Balaban J connectivity index is 2.13. The van der Waals surface area contributed by atoms with Gasteiger partial charge < -0.3 is 9.84 Å². The first-order chi connectivity index (χ1) is 9.58. The first kappa shape index (κ1) is 14.3. The van der Waals surface area contributed by atoms with Crippen LogP contribution in [-0.2, 0) is 11.4 Å². The minimum absolute atomic E-state index is 0.0216. The molecule has 106 valence electrons. The maximum absolute atomic E-state index is 10.8. The van der Waals surface area contributed by atoms with Gasteiger partial charge in [0.2, 0.25) is 0 Å². The molecule has 0 aliphatic carbocycles. The SMILES string of the molecule is CC(CC(=O)O)n1c(COc2ccccc2)n[nH]c1=S. The zero-order valence-corrected chi connectivity index (χ0v) is 11.8. The molecule has 7 heteroatoms. The zero-order chi connectivity index (χ0) is 14.5. The Hall–Kier alpha value is -2.15. The number of aromatic amines is 1. The summed E-state index contributed by atoms with van der Waals surface area (Å²) in [6.07, 6.45) is -0.0216. The molecular formula is C13H15N3O3S. The van der Waals surface area contributed by atoms with E-state index in [0.717, 1.165) is 5.75 Å². The third-order valence-electron chi connectivity index (χ3n) is 2.80. The van der Waals surface area contributed by atoms with Gasteiger partial charge in [0.15, 0.2) is 10.6 Å². The molecule has 2 aromatic rings. The topological polar surface area (TPSA) is 80.1 Å². The number of hydrogen-bond donors (Lipinski definition) is 2. The van der Waals surface area contributed by atoms with E-state index < -0.39 is 5.97 Å². The van der Waals surface area contributed by atoms with E-state index in [-0.39, 0.29) is 19.1 Å². The Kier molecular flexibility index (Phi) is 4.52. The van der Waals surface area contributed by atoms with Crippen molar-refractivity contribution in [2.45, 2.75) is 26.0 Å². The van der Waals surface area contributed by atoms with Gasteiger partial charge in [0.1, 0.15) is 12.4 Å². The summed E-state index contributed by atoms with van der Waals surface area (Å²) < 4.78 is 7.67. The smallest absolute Gasteiger partial charge is 0.305 e. The molecule has 0 fully saturated rings.